The molecule has 0 aliphatic rings. The van der Waals surface area contributed by atoms with Gasteiger partial charge in [0.25, 0.3) is 0 Å². The summed E-state index contributed by atoms with van der Waals surface area (Å²) in [5.74, 6) is -0.0815. The molecule has 3 rings (SSSR count). The third kappa shape index (κ3) is 2.52. The van der Waals surface area contributed by atoms with Crippen LogP contribution in [0.4, 0.5) is 0 Å². The summed E-state index contributed by atoms with van der Waals surface area (Å²) in [6.45, 7) is 2.01. The van der Waals surface area contributed by atoms with Gasteiger partial charge < -0.3 is 9.97 Å². The van der Waals surface area contributed by atoms with Gasteiger partial charge in [0.15, 0.2) is 5.78 Å². The van der Waals surface area contributed by atoms with Gasteiger partial charge in [0.05, 0.1) is 11.0 Å². The fourth-order valence-electron chi connectivity index (χ4n) is 2.64. The van der Waals surface area contributed by atoms with Crippen LogP contribution in [0.5, 0.6) is 0 Å². The highest BCUT2D eigenvalue weighted by Gasteiger charge is 2.20. The average Bonchev–Trinajstić information content (AvgIpc) is 2.88. The summed E-state index contributed by atoms with van der Waals surface area (Å²) in [5, 5.41) is 0. The van der Waals surface area contributed by atoms with Gasteiger partial charge in [-0.25, -0.2) is 4.79 Å². The summed E-state index contributed by atoms with van der Waals surface area (Å²) in [4.78, 5) is 29.4. The van der Waals surface area contributed by atoms with Gasteiger partial charge in [0.2, 0.25) is 0 Å². The molecule has 2 aromatic carbocycles. The average molecular weight is 280 g/mol. The van der Waals surface area contributed by atoms with E-state index in [2.05, 4.69) is 9.97 Å². The van der Waals surface area contributed by atoms with Crippen LogP contribution in [0, 0.1) is 0 Å². The van der Waals surface area contributed by atoms with Crippen LogP contribution in [0.2, 0.25) is 0 Å². The van der Waals surface area contributed by atoms with Crippen molar-refractivity contribution >= 4 is 16.8 Å². The molecule has 0 bridgehead atoms. The van der Waals surface area contributed by atoms with E-state index < -0.39 is 0 Å². The first kappa shape index (κ1) is 13.4. The number of fused-ring (bicyclic) bond motifs is 1. The van der Waals surface area contributed by atoms with Crippen LogP contribution in [-0.2, 0) is 0 Å². The lowest BCUT2D eigenvalue weighted by molar-refractivity contribution is 0.0957. The maximum Gasteiger partial charge on any atom is 0.323 e. The van der Waals surface area contributed by atoms with Crippen LogP contribution in [0.1, 0.15) is 35.2 Å². The predicted molar refractivity (Wildman–Crippen MR) is 82.7 cm³/mol. The van der Waals surface area contributed by atoms with E-state index in [9.17, 15) is 9.59 Å². The van der Waals surface area contributed by atoms with Crippen molar-refractivity contribution in [2.75, 3.05) is 0 Å². The second kappa shape index (κ2) is 5.40. The van der Waals surface area contributed by atoms with Crippen molar-refractivity contribution in [3.63, 3.8) is 0 Å². The Balaban J connectivity index is 2.00. The van der Waals surface area contributed by atoms with Gasteiger partial charge in [-0.15, -0.1) is 0 Å². The summed E-state index contributed by atoms with van der Waals surface area (Å²) in [6.07, 6.45) is 0.741. The number of aromatic nitrogens is 2. The lowest BCUT2D eigenvalue weighted by Gasteiger charge is -2.14. The van der Waals surface area contributed by atoms with E-state index in [-0.39, 0.29) is 17.4 Å². The molecule has 106 valence electrons. The number of ketones is 1. The van der Waals surface area contributed by atoms with E-state index in [4.69, 9.17) is 0 Å². The number of carbonyl (C=O) groups is 1. The molecule has 1 unspecified atom stereocenters. The Hall–Kier alpha value is -2.62. The molecule has 0 spiro atoms. The molecule has 0 radical (unpaired) electrons. The van der Waals surface area contributed by atoms with Gasteiger partial charge in [0.1, 0.15) is 0 Å². The van der Waals surface area contributed by atoms with Gasteiger partial charge in [0, 0.05) is 11.5 Å². The minimum Gasteiger partial charge on any atom is -0.306 e. The molecule has 1 heterocycles. The fraction of sp³-hybridized carbons (Fsp3) is 0.176. The SMILES string of the molecule is CCC(C(=O)c1ccc2[nH]c(=O)[nH]c2c1)c1ccccc1. The van der Waals surface area contributed by atoms with Crippen molar-refractivity contribution in [3.8, 4) is 0 Å². The smallest absolute Gasteiger partial charge is 0.306 e. The third-order valence-corrected chi connectivity index (χ3v) is 3.73. The molecule has 1 atom stereocenters. The number of carbonyl (C=O) groups excluding carboxylic acids is 1. The molecule has 0 aliphatic carbocycles. The first-order valence-corrected chi connectivity index (χ1v) is 7.00. The molecule has 0 saturated heterocycles. The maximum atomic E-state index is 12.7. The lowest BCUT2D eigenvalue weighted by atomic mass is 9.88. The molecule has 4 heteroatoms. The van der Waals surface area contributed by atoms with Crippen molar-refractivity contribution < 1.29 is 4.79 Å². The number of benzene rings is 2. The number of nitrogens with one attached hydrogen (secondary N) is 2. The predicted octanol–water partition coefficient (Wildman–Crippen LogP) is 3.23. The maximum absolute atomic E-state index is 12.7. The number of imidazole rings is 1. The molecule has 0 aliphatic heterocycles. The first-order chi connectivity index (χ1) is 10.2. The monoisotopic (exact) mass is 280 g/mol. The van der Waals surface area contributed by atoms with E-state index in [0.717, 1.165) is 12.0 Å². The molecule has 4 nitrogen and oxygen atoms in total. The zero-order chi connectivity index (χ0) is 14.8. The van der Waals surface area contributed by atoms with Gasteiger partial charge >= 0.3 is 5.69 Å². The first-order valence-electron chi connectivity index (χ1n) is 7.00. The van der Waals surface area contributed by atoms with Crippen molar-refractivity contribution in [1.82, 2.24) is 9.97 Å². The van der Waals surface area contributed by atoms with Crippen LogP contribution in [0.15, 0.2) is 53.3 Å². The molecule has 0 saturated carbocycles. The highest BCUT2D eigenvalue weighted by atomic mass is 16.1. The zero-order valence-electron chi connectivity index (χ0n) is 11.7. The summed E-state index contributed by atoms with van der Waals surface area (Å²) < 4.78 is 0. The Morgan fingerprint density at radius 1 is 1.05 bits per heavy atom. The Labute approximate surface area is 121 Å². The highest BCUT2D eigenvalue weighted by molar-refractivity contribution is 6.03. The van der Waals surface area contributed by atoms with Crippen molar-refractivity contribution in [2.45, 2.75) is 19.3 Å². The van der Waals surface area contributed by atoms with Crippen LogP contribution >= 0.6 is 0 Å². The van der Waals surface area contributed by atoms with E-state index in [1.165, 1.54) is 0 Å². The molecular formula is C17H16N2O2. The van der Waals surface area contributed by atoms with Crippen molar-refractivity contribution in [2.24, 2.45) is 0 Å². The molecule has 2 N–H and O–H groups in total. The second-order valence-electron chi connectivity index (χ2n) is 5.08. The van der Waals surface area contributed by atoms with Gasteiger partial charge in [-0.05, 0) is 30.2 Å². The lowest BCUT2D eigenvalue weighted by Crippen LogP contribution is -2.12. The van der Waals surface area contributed by atoms with E-state index >= 15 is 0 Å². The summed E-state index contributed by atoms with van der Waals surface area (Å²) in [7, 11) is 0. The van der Waals surface area contributed by atoms with E-state index in [1.54, 1.807) is 18.2 Å². The highest BCUT2D eigenvalue weighted by Crippen LogP contribution is 2.25. The quantitative estimate of drug-likeness (QED) is 0.720. The number of H-pyrrole nitrogens is 2. The molecule has 1 aromatic heterocycles. The Morgan fingerprint density at radius 2 is 1.76 bits per heavy atom. The van der Waals surface area contributed by atoms with Crippen LogP contribution in [-0.4, -0.2) is 15.8 Å². The standard InChI is InChI=1S/C17H16N2O2/c1-2-13(11-6-4-3-5-7-11)16(20)12-8-9-14-15(10-12)19-17(21)18-14/h3-10,13H,2H2,1H3,(H2,18,19,21). The van der Waals surface area contributed by atoms with Gasteiger partial charge in [-0.3, -0.25) is 4.79 Å². The van der Waals surface area contributed by atoms with E-state index in [0.29, 0.717) is 16.6 Å². The Morgan fingerprint density at radius 3 is 2.48 bits per heavy atom. The van der Waals surface area contributed by atoms with Crippen LogP contribution in [0.25, 0.3) is 11.0 Å². The van der Waals surface area contributed by atoms with Crippen LogP contribution < -0.4 is 5.69 Å². The molecule has 21 heavy (non-hydrogen) atoms. The van der Waals surface area contributed by atoms with E-state index in [1.807, 2.05) is 37.3 Å². The molecular weight excluding hydrogens is 264 g/mol. The summed E-state index contributed by atoms with van der Waals surface area (Å²) in [5.41, 5.74) is 2.75. The number of hydrogen-bond acceptors (Lipinski definition) is 2. The van der Waals surface area contributed by atoms with Gasteiger partial charge in [-0.2, -0.15) is 0 Å². The molecule has 0 amide bonds. The number of rotatable bonds is 4. The Kier molecular flexibility index (Phi) is 3.44. The largest absolute Gasteiger partial charge is 0.323 e. The molecule has 3 aromatic rings. The van der Waals surface area contributed by atoms with Gasteiger partial charge in [-0.1, -0.05) is 37.3 Å². The number of hydrogen-bond donors (Lipinski definition) is 2. The van der Waals surface area contributed by atoms with Crippen molar-refractivity contribution in [1.29, 1.82) is 0 Å². The number of Topliss-reactive ketones (excluding diaryl/α,β-unsaturated/α-hetero) is 1. The van der Waals surface area contributed by atoms with Crippen molar-refractivity contribution in [3.05, 3.63) is 70.1 Å². The minimum atomic E-state index is -0.260. The second-order valence-corrected chi connectivity index (χ2v) is 5.08. The topological polar surface area (TPSA) is 65.7 Å². The normalized spacial score (nSPS) is 12.4. The zero-order valence-corrected chi connectivity index (χ0v) is 11.7. The molecule has 0 fully saturated rings. The summed E-state index contributed by atoms with van der Waals surface area (Å²) in [6, 6.07) is 15.0. The fourth-order valence-corrected chi connectivity index (χ4v) is 2.64. The summed E-state index contributed by atoms with van der Waals surface area (Å²) >= 11 is 0. The Bertz CT molecular complexity index is 831. The third-order valence-electron chi connectivity index (χ3n) is 3.73. The van der Waals surface area contributed by atoms with Crippen LogP contribution in [0.3, 0.4) is 0 Å². The minimum absolute atomic E-state index is 0.0765. The number of aromatic amines is 2.